The molecule has 0 heterocycles. The smallest absolute Gasteiger partial charge is 0.310 e. The first-order valence-corrected chi connectivity index (χ1v) is 4.16. The molecule has 0 aromatic rings. The SMILES string of the molecule is CC(C)(NBr)C(C)(C)C(=O)O. The van der Waals surface area contributed by atoms with Crippen LogP contribution in [0.4, 0.5) is 0 Å². The minimum atomic E-state index is -0.811. The largest absolute Gasteiger partial charge is 0.481 e. The van der Waals surface area contributed by atoms with E-state index in [1.54, 1.807) is 13.8 Å². The predicted octanol–water partition coefficient (Wildman–Crippen LogP) is 1.78. The quantitative estimate of drug-likeness (QED) is 0.718. The van der Waals surface area contributed by atoms with Crippen molar-refractivity contribution in [3.05, 3.63) is 0 Å². The van der Waals surface area contributed by atoms with E-state index in [1.807, 2.05) is 13.8 Å². The van der Waals surface area contributed by atoms with Crippen LogP contribution in [0.3, 0.4) is 0 Å². The number of aliphatic carboxylic acids is 1. The lowest BCUT2D eigenvalue weighted by Gasteiger charge is -2.36. The summed E-state index contributed by atoms with van der Waals surface area (Å²) >= 11 is 3.06. The molecule has 4 heteroatoms. The Labute approximate surface area is 75.5 Å². The Balaban J connectivity index is 4.67. The molecule has 3 nitrogen and oxygen atoms in total. The summed E-state index contributed by atoms with van der Waals surface area (Å²) < 4.78 is 2.79. The van der Waals surface area contributed by atoms with Crippen LogP contribution < -0.4 is 4.34 Å². The van der Waals surface area contributed by atoms with Gasteiger partial charge in [0, 0.05) is 21.7 Å². The summed E-state index contributed by atoms with van der Waals surface area (Å²) in [5.74, 6) is -0.811. The van der Waals surface area contributed by atoms with Crippen molar-refractivity contribution in [2.24, 2.45) is 5.41 Å². The number of carboxylic acid groups (broad SMARTS) is 1. The van der Waals surface area contributed by atoms with E-state index in [0.717, 1.165) is 0 Å². The third-order valence-corrected chi connectivity index (χ3v) is 3.32. The molecule has 0 aromatic heterocycles. The van der Waals surface area contributed by atoms with E-state index in [4.69, 9.17) is 5.11 Å². The van der Waals surface area contributed by atoms with Crippen molar-refractivity contribution in [3.8, 4) is 0 Å². The number of rotatable bonds is 3. The van der Waals surface area contributed by atoms with Gasteiger partial charge in [0.15, 0.2) is 0 Å². The molecule has 0 radical (unpaired) electrons. The second-order valence-corrected chi connectivity index (χ2v) is 4.05. The zero-order valence-electron chi connectivity index (χ0n) is 7.23. The van der Waals surface area contributed by atoms with Crippen LogP contribution in [0.25, 0.3) is 0 Å². The summed E-state index contributed by atoms with van der Waals surface area (Å²) in [6.45, 7) is 7.03. The standard InChI is InChI=1S/C7H14BrNO2/c1-6(2,5(10)11)7(3,4)9-8/h9H,1-4H3,(H,10,11). The van der Waals surface area contributed by atoms with Crippen molar-refractivity contribution in [2.75, 3.05) is 0 Å². The maximum Gasteiger partial charge on any atom is 0.310 e. The van der Waals surface area contributed by atoms with Gasteiger partial charge >= 0.3 is 5.97 Å². The molecule has 0 aliphatic carbocycles. The van der Waals surface area contributed by atoms with Crippen LogP contribution in [-0.4, -0.2) is 16.6 Å². The molecule has 0 aromatic carbocycles. The van der Waals surface area contributed by atoms with Gasteiger partial charge in [0.2, 0.25) is 0 Å². The van der Waals surface area contributed by atoms with Gasteiger partial charge in [-0.1, -0.05) is 0 Å². The lowest BCUT2D eigenvalue weighted by atomic mass is 9.75. The molecule has 0 saturated carbocycles. The van der Waals surface area contributed by atoms with Gasteiger partial charge < -0.3 is 5.11 Å². The molecular formula is C7H14BrNO2. The lowest BCUT2D eigenvalue weighted by molar-refractivity contribution is -0.150. The van der Waals surface area contributed by atoms with Gasteiger partial charge in [-0.25, -0.2) is 4.34 Å². The molecule has 0 amide bonds. The van der Waals surface area contributed by atoms with Crippen LogP contribution in [0.5, 0.6) is 0 Å². The maximum atomic E-state index is 10.8. The van der Waals surface area contributed by atoms with Crippen molar-refractivity contribution < 1.29 is 9.90 Å². The Morgan fingerprint density at radius 3 is 1.82 bits per heavy atom. The van der Waals surface area contributed by atoms with Gasteiger partial charge in [-0.3, -0.25) is 4.79 Å². The number of hydrogen-bond donors (Lipinski definition) is 2. The first-order valence-electron chi connectivity index (χ1n) is 3.37. The molecule has 11 heavy (non-hydrogen) atoms. The zero-order chi connectivity index (χ0) is 9.28. The molecule has 2 N–H and O–H groups in total. The molecule has 0 bridgehead atoms. The molecule has 0 saturated heterocycles. The molecule has 0 unspecified atom stereocenters. The van der Waals surface area contributed by atoms with E-state index in [9.17, 15) is 4.79 Å². The van der Waals surface area contributed by atoms with Crippen LogP contribution in [0.1, 0.15) is 27.7 Å². The topological polar surface area (TPSA) is 49.3 Å². The van der Waals surface area contributed by atoms with E-state index < -0.39 is 16.9 Å². The predicted molar refractivity (Wildman–Crippen MR) is 47.6 cm³/mol. The third-order valence-electron chi connectivity index (χ3n) is 2.33. The van der Waals surface area contributed by atoms with Crippen molar-refractivity contribution in [1.29, 1.82) is 0 Å². The van der Waals surface area contributed by atoms with Crippen molar-refractivity contribution in [1.82, 2.24) is 4.34 Å². The van der Waals surface area contributed by atoms with Crippen molar-refractivity contribution in [3.63, 3.8) is 0 Å². The Morgan fingerprint density at radius 2 is 1.73 bits per heavy atom. The van der Waals surface area contributed by atoms with E-state index in [2.05, 4.69) is 20.5 Å². The highest BCUT2D eigenvalue weighted by molar-refractivity contribution is 9.08. The summed E-state index contributed by atoms with van der Waals surface area (Å²) in [5, 5.41) is 8.85. The van der Waals surface area contributed by atoms with Crippen molar-refractivity contribution in [2.45, 2.75) is 33.2 Å². The van der Waals surface area contributed by atoms with Crippen LogP contribution >= 0.6 is 16.1 Å². The Hall–Kier alpha value is -0.0900. The molecule has 0 fully saturated rings. The fourth-order valence-electron chi connectivity index (χ4n) is 0.385. The third kappa shape index (κ3) is 1.93. The average molecular weight is 224 g/mol. The van der Waals surface area contributed by atoms with Gasteiger partial charge in [0.25, 0.3) is 0 Å². The minimum absolute atomic E-state index is 0.473. The highest BCUT2D eigenvalue weighted by Crippen LogP contribution is 2.31. The summed E-state index contributed by atoms with van der Waals surface area (Å²) in [6.07, 6.45) is 0. The van der Waals surface area contributed by atoms with Gasteiger partial charge in [-0.15, -0.1) is 0 Å². The van der Waals surface area contributed by atoms with Gasteiger partial charge in [-0.05, 0) is 27.7 Å². The van der Waals surface area contributed by atoms with Crippen LogP contribution in [0.2, 0.25) is 0 Å². The Morgan fingerprint density at radius 1 is 1.36 bits per heavy atom. The first-order chi connectivity index (χ1) is 4.75. The number of carbonyl (C=O) groups is 1. The molecule has 0 rings (SSSR count). The van der Waals surface area contributed by atoms with Crippen LogP contribution in [0.15, 0.2) is 0 Å². The molecule has 0 aliphatic rings. The number of nitrogens with one attached hydrogen (secondary N) is 1. The van der Waals surface area contributed by atoms with Gasteiger partial charge in [0.1, 0.15) is 0 Å². The average Bonchev–Trinajstić information content (AvgIpc) is 1.87. The molecule has 0 aliphatic heterocycles. The van der Waals surface area contributed by atoms with E-state index in [0.29, 0.717) is 0 Å². The second kappa shape index (κ2) is 3.11. The molecule has 0 spiro atoms. The summed E-state index contributed by atoms with van der Waals surface area (Å²) in [4.78, 5) is 10.8. The van der Waals surface area contributed by atoms with Gasteiger partial charge in [0.05, 0.1) is 5.41 Å². The number of hydrogen-bond acceptors (Lipinski definition) is 2. The summed E-state index contributed by atoms with van der Waals surface area (Å²) in [7, 11) is 0. The highest BCUT2D eigenvalue weighted by Gasteiger charge is 2.42. The first kappa shape index (κ1) is 10.9. The minimum Gasteiger partial charge on any atom is -0.481 e. The lowest BCUT2D eigenvalue weighted by Crippen LogP contribution is -2.51. The van der Waals surface area contributed by atoms with Gasteiger partial charge in [-0.2, -0.15) is 0 Å². The monoisotopic (exact) mass is 223 g/mol. The molecular weight excluding hydrogens is 210 g/mol. The number of carboxylic acids is 1. The van der Waals surface area contributed by atoms with E-state index >= 15 is 0 Å². The normalized spacial score (nSPS) is 13.2. The highest BCUT2D eigenvalue weighted by atomic mass is 79.9. The maximum absolute atomic E-state index is 10.8. The molecule has 66 valence electrons. The Kier molecular flexibility index (Phi) is 3.08. The van der Waals surface area contributed by atoms with E-state index in [-0.39, 0.29) is 0 Å². The number of halogens is 1. The fraction of sp³-hybridized carbons (Fsp3) is 0.857. The van der Waals surface area contributed by atoms with Crippen LogP contribution in [0, 0.1) is 5.41 Å². The van der Waals surface area contributed by atoms with Crippen LogP contribution in [-0.2, 0) is 4.79 Å². The zero-order valence-corrected chi connectivity index (χ0v) is 8.82. The Bertz CT molecular complexity index is 166. The second-order valence-electron chi connectivity index (χ2n) is 3.65. The fourth-order valence-corrected chi connectivity index (χ4v) is 0.881. The summed E-state index contributed by atoms with van der Waals surface area (Å²) in [6, 6.07) is 0. The molecule has 0 atom stereocenters. The van der Waals surface area contributed by atoms with Crippen molar-refractivity contribution >= 4 is 22.1 Å². The van der Waals surface area contributed by atoms with E-state index in [1.165, 1.54) is 0 Å². The summed E-state index contributed by atoms with van der Waals surface area (Å²) in [5.41, 5.74) is -1.27.